The highest BCUT2D eigenvalue weighted by Crippen LogP contribution is 2.21. The molecule has 1 aromatic rings. The number of amides is 1. The fourth-order valence-corrected chi connectivity index (χ4v) is 2.26. The van der Waals surface area contributed by atoms with E-state index in [4.69, 9.17) is 5.73 Å². The first-order chi connectivity index (χ1) is 9.75. The van der Waals surface area contributed by atoms with Crippen LogP contribution in [0.5, 0.6) is 0 Å². The van der Waals surface area contributed by atoms with Crippen LogP contribution >= 0.6 is 0 Å². The Morgan fingerprint density at radius 2 is 1.81 bits per heavy atom. The number of anilines is 1. The minimum atomic E-state index is -0.168. The van der Waals surface area contributed by atoms with E-state index in [1.165, 1.54) is 0 Å². The SMILES string of the molecule is CCc1nnc(NC(=O)CC(N)CC(C)(C)C)nc1CC. The zero-order valence-corrected chi connectivity index (χ0v) is 13.7. The molecule has 1 aromatic heterocycles. The van der Waals surface area contributed by atoms with Crippen molar-refractivity contribution in [3.8, 4) is 0 Å². The normalized spacial score (nSPS) is 13.0. The number of carbonyl (C=O) groups excluding carboxylic acids is 1. The van der Waals surface area contributed by atoms with Crippen LogP contribution in [-0.4, -0.2) is 27.1 Å². The Morgan fingerprint density at radius 1 is 1.19 bits per heavy atom. The van der Waals surface area contributed by atoms with Gasteiger partial charge in [0, 0.05) is 12.5 Å². The van der Waals surface area contributed by atoms with Crippen molar-refractivity contribution in [2.24, 2.45) is 11.1 Å². The maximum atomic E-state index is 12.0. The Kier molecular flexibility index (Phi) is 6.20. The van der Waals surface area contributed by atoms with Gasteiger partial charge in [-0.25, -0.2) is 4.98 Å². The van der Waals surface area contributed by atoms with Crippen LogP contribution in [0.1, 0.15) is 58.8 Å². The van der Waals surface area contributed by atoms with Crippen molar-refractivity contribution < 1.29 is 4.79 Å². The highest BCUT2D eigenvalue weighted by Gasteiger charge is 2.19. The summed E-state index contributed by atoms with van der Waals surface area (Å²) in [5.74, 6) is 0.0943. The maximum Gasteiger partial charge on any atom is 0.249 e. The van der Waals surface area contributed by atoms with Crippen LogP contribution in [0, 0.1) is 5.41 Å². The van der Waals surface area contributed by atoms with Gasteiger partial charge in [-0.3, -0.25) is 10.1 Å². The Bertz CT molecular complexity index is 481. The molecule has 1 atom stereocenters. The number of nitrogens with zero attached hydrogens (tertiary/aromatic N) is 3. The smallest absolute Gasteiger partial charge is 0.249 e. The molecule has 118 valence electrons. The summed E-state index contributed by atoms with van der Waals surface area (Å²) < 4.78 is 0. The predicted octanol–water partition coefficient (Wildman–Crippen LogP) is 2.09. The van der Waals surface area contributed by atoms with Crippen LogP contribution in [0.2, 0.25) is 0 Å². The lowest BCUT2D eigenvalue weighted by atomic mass is 9.87. The van der Waals surface area contributed by atoms with Crippen LogP contribution in [0.15, 0.2) is 0 Å². The number of rotatable bonds is 6. The maximum absolute atomic E-state index is 12.0. The van der Waals surface area contributed by atoms with Crippen molar-refractivity contribution >= 4 is 11.9 Å². The van der Waals surface area contributed by atoms with Gasteiger partial charge in [-0.1, -0.05) is 34.6 Å². The lowest BCUT2D eigenvalue weighted by molar-refractivity contribution is -0.116. The summed E-state index contributed by atoms with van der Waals surface area (Å²) in [4.78, 5) is 16.3. The highest BCUT2D eigenvalue weighted by atomic mass is 16.1. The summed E-state index contributed by atoms with van der Waals surface area (Å²) >= 11 is 0. The predicted molar refractivity (Wildman–Crippen MR) is 83.9 cm³/mol. The van der Waals surface area contributed by atoms with E-state index in [0.717, 1.165) is 30.7 Å². The van der Waals surface area contributed by atoms with Crippen LogP contribution < -0.4 is 11.1 Å². The van der Waals surface area contributed by atoms with E-state index in [1.807, 2.05) is 13.8 Å². The molecule has 0 radical (unpaired) electrons. The largest absolute Gasteiger partial charge is 0.327 e. The van der Waals surface area contributed by atoms with Crippen molar-refractivity contribution in [1.29, 1.82) is 0 Å². The molecule has 21 heavy (non-hydrogen) atoms. The number of aromatic nitrogens is 3. The molecule has 0 aliphatic heterocycles. The first-order valence-corrected chi connectivity index (χ1v) is 7.53. The van der Waals surface area contributed by atoms with Crippen molar-refractivity contribution in [2.75, 3.05) is 5.32 Å². The zero-order chi connectivity index (χ0) is 16.0. The molecule has 1 unspecified atom stereocenters. The minimum absolute atomic E-state index is 0.107. The summed E-state index contributed by atoms with van der Waals surface area (Å²) in [6.07, 6.45) is 2.60. The third-order valence-electron chi connectivity index (χ3n) is 3.08. The van der Waals surface area contributed by atoms with Crippen molar-refractivity contribution in [3.63, 3.8) is 0 Å². The lowest BCUT2D eigenvalue weighted by Crippen LogP contribution is -2.31. The second-order valence-corrected chi connectivity index (χ2v) is 6.51. The summed E-state index contributed by atoms with van der Waals surface area (Å²) in [6.45, 7) is 10.3. The Hall–Kier alpha value is -1.56. The molecule has 0 aromatic carbocycles. The number of hydrogen-bond donors (Lipinski definition) is 2. The van der Waals surface area contributed by atoms with Crippen molar-refractivity contribution in [3.05, 3.63) is 11.4 Å². The first-order valence-electron chi connectivity index (χ1n) is 7.53. The van der Waals surface area contributed by atoms with Gasteiger partial charge >= 0.3 is 0 Å². The fraction of sp³-hybridized carbons (Fsp3) is 0.733. The second-order valence-electron chi connectivity index (χ2n) is 6.51. The van der Waals surface area contributed by atoms with E-state index >= 15 is 0 Å². The van der Waals surface area contributed by atoms with E-state index in [0.29, 0.717) is 0 Å². The highest BCUT2D eigenvalue weighted by molar-refractivity contribution is 5.89. The van der Waals surface area contributed by atoms with Gasteiger partial charge in [-0.2, -0.15) is 0 Å². The molecule has 1 heterocycles. The monoisotopic (exact) mass is 293 g/mol. The first kappa shape index (κ1) is 17.5. The van der Waals surface area contributed by atoms with Gasteiger partial charge in [-0.05, 0) is 24.7 Å². The lowest BCUT2D eigenvalue weighted by Gasteiger charge is -2.22. The van der Waals surface area contributed by atoms with Crippen molar-refractivity contribution in [2.45, 2.75) is 66.3 Å². The van der Waals surface area contributed by atoms with Crippen molar-refractivity contribution in [1.82, 2.24) is 15.2 Å². The van der Waals surface area contributed by atoms with Gasteiger partial charge in [0.15, 0.2) is 0 Å². The quantitative estimate of drug-likeness (QED) is 0.837. The molecule has 1 amide bonds. The molecule has 0 spiro atoms. The molecule has 0 fully saturated rings. The second kappa shape index (κ2) is 7.45. The van der Waals surface area contributed by atoms with E-state index < -0.39 is 0 Å². The van der Waals surface area contributed by atoms with Gasteiger partial charge in [0.25, 0.3) is 0 Å². The Labute approximate surface area is 126 Å². The summed E-state index contributed by atoms with van der Waals surface area (Å²) in [7, 11) is 0. The number of nitrogens with one attached hydrogen (secondary N) is 1. The summed E-state index contributed by atoms with van der Waals surface area (Å²) in [6, 6.07) is -0.168. The Balaban J connectivity index is 2.63. The zero-order valence-electron chi connectivity index (χ0n) is 13.7. The van der Waals surface area contributed by atoms with Gasteiger partial charge in [0.1, 0.15) is 0 Å². The van der Waals surface area contributed by atoms with Gasteiger partial charge < -0.3 is 5.73 Å². The van der Waals surface area contributed by atoms with E-state index in [-0.39, 0.29) is 29.7 Å². The van der Waals surface area contributed by atoms with E-state index in [9.17, 15) is 4.79 Å². The molecule has 3 N–H and O–H groups in total. The van der Waals surface area contributed by atoms with E-state index in [2.05, 4.69) is 41.3 Å². The Morgan fingerprint density at radius 3 is 2.33 bits per heavy atom. The van der Waals surface area contributed by atoms with Crippen LogP contribution in [0.3, 0.4) is 0 Å². The average molecular weight is 293 g/mol. The number of hydrogen-bond acceptors (Lipinski definition) is 5. The molecule has 1 rings (SSSR count). The molecule has 0 bridgehead atoms. The fourth-order valence-electron chi connectivity index (χ4n) is 2.26. The summed E-state index contributed by atoms with van der Waals surface area (Å²) in [5.41, 5.74) is 7.86. The molecule has 6 heteroatoms. The number of nitrogens with two attached hydrogens (primary N) is 1. The summed E-state index contributed by atoms with van der Waals surface area (Å²) in [5, 5.41) is 10.7. The molecular weight excluding hydrogens is 266 g/mol. The average Bonchev–Trinajstić information content (AvgIpc) is 2.35. The molecule has 6 nitrogen and oxygen atoms in total. The molecule has 0 saturated heterocycles. The van der Waals surface area contributed by atoms with Gasteiger partial charge in [-0.15, -0.1) is 10.2 Å². The topological polar surface area (TPSA) is 93.8 Å². The van der Waals surface area contributed by atoms with Crippen LogP contribution in [0.25, 0.3) is 0 Å². The number of aryl methyl sites for hydroxylation is 2. The molecule has 0 aliphatic carbocycles. The van der Waals surface area contributed by atoms with Gasteiger partial charge in [0.05, 0.1) is 11.4 Å². The third kappa shape index (κ3) is 6.16. The van der Waals surface area contributed by atoms with Crippen LogP contribution in [-0.2, 0) is 17.6 Å². The minimum Gasteiger partial charge on any atom is -0.327 e. The molecule has 0 saturated carbocycles. The number of carbonyl (C=O) groups is 1. The third-order valence-corrected chi connectivity index (χ3v) is 3.08. The van der Waals surface area contributed by atoms with Gasteiger partial charge in [0.2, 0.25) is 11.9 Å². The van der Waals surface area contributed by atoms with Crippen LogP contribution in [0.4, 0.5) is 5.95 Å². The van der Waals surface area contributed by atoms with E-state index in [1.54, 1.807) is 0 Å². The molecule has 0 aliphatic rings. The molecular formula is C15H27N5O. The standard InChI is InChI=1S/C15H27N5O/c1-6-11-12(7-2)19-20-14(17-11)18-13(21)8-10(16)9-15(3,4)5/h10H,6-9,16H2,1-5H3,(H,17,18,20,21).